The zero-order valence-electron chi connectivity index (χ0n) is 12.9. The smallest absolute Gasteiger partial charge is 0.231 e. The van der Waals surface area contributed by atoms with Crippen molar-refractivity contribution in [3.63, 3.8) is 0 Å². The van der Waals surface area contributed by atoms with Crippen molar-refractivity contribution < 1.29 is 19.2 Å². The van der Waals surface area contributed by atoms with E-state index in [0.29, 0.717) is 0 Å². The lowest BCUT2D eigenvalue weighted by atomic mass is 9.38. The van der Waals surface area contributed by atoms with Crippen molar-refractivity contribution in [3.8, 4) is 0 Å². The van der Waals surface area contributed by atoms with E-state index in [1.54, 1.807) is 0 Å². The minimum absolute atomic E-state index is 0.0248. The Morgan fingerprint density at radius 2 is 1.26 bits per heavy atom. The predicted molar refractivity (Wildman–Crippen MR) is 77.1 cm³/mol. The van der Waals surface area contributed by atoms with Gasteiger partial charge in [0.05, 0.1) is 23.7 Å². The van der Waals surface area contributed by atoms with Gasteiger partial charge in [-0.05, 0) is 29.6 Å². The molecule has 120 valence electrons. The van der Waals surface area contributed by atoms with Gasteiger partial charge < -0.3 is 0 Å². The molecule has 23 heavy (non-hydrogen) atoms. The van der Waals surface area contributed by atoms with E-state index in [1.807, 2.05) is 0 Å². The molecule has 4 amide bonds. The molecule has 8 atom stereocenters. The normalized spacial score (nSPS) is 49.3. The first-order valence-electron chi connectivity index (χ1n) is 8.33. The fourth-order valence-electron chi connectivity index (χ4n) is 6.18. The first-order chi connectivity index (χ1) is 10.9. The van der Waals surface area contributed by atoms with Crippen LogP contribution in [0.3, 0.4) is 0 Å². The maximum absolute atomic E-state index is 12.4. The van der Waals surface area contributed by atoms with Crippen LogP contribution in [0.2, 0.25) is 0 Å². The highest BCUT2D eigenvalue weighted by molar-refractivity contribution is 6.09. The summed E-state index contributed by atoms with van der Waals surface area (Å²) < 4.78 is 0. The summed E-state index contributed by atoms with van der Waals surface area (Å²) in [6.07, 6.45) is 2.14. The van der Waals surface area contributed by atoms with Crippen molar-refractivity contribution in [1.29, 1.82) is 0 Å². The molecule has 0 aromatic rings. The first-order valence-corrected chi connectivity index (χ1v) is 8.33. The highest BCUT2D eigenvalue weighted by atomic mass is 16.2. The van der Waals surface area contributed by atoms with Gasteiger partial charge in [-0.25, -0.2) is 0 Å². The topological polar surface area (TPSA) is 92.3 Å². The SMILES string of the molecule is CC(C)C1=C[C@@H]2[C@H]3C(=O)NC(=O)[C@@H]3[C@H]1[C@H]1[C@H]3C(=O)NC(=O)[C@@H]3[C@@H]21. The third-order valence-corrected chi connectivity index (χ3v) is 6.85. The molecule has 2 heterocycles. The first kappa shape index (κ1) is 13.5. The Bertz CT molecular complexity index is 724. The van der Waals surface area contributed by atoms with Gasteiger partial charge in [0, 0.05) is 0 Å². The molecule has 2 aliphatic heterocycles. The van der Waals surface area contributed by atoms with E-state index in [-0.39, 0.29) is 76.9 Å². The Morgan fingerprint density at radius 1 is 0.739 bits per heavy atom. The van der Waals surface area contributed by atoms with Crippen molar-refractivity contribution in [3.05, 3.63) is 11.6 Å². The second kappa shape index (κ2) is 3.91. The summed E-state index contributed by atoms with van der Waals surface area (Å²) in [5, 5.41) is 4.93. The Kier molecular flexibility index (Phi) is 2.29. The summed E-state index contributed by atoms with van der Waals surface area (Å²) in [4.78, 5) is 48.9. The van der Waals surface area contributed by atoms with Gasteiger partial charge in [0.2, 0.25) is 23.6 Å². The molecule has 0 aromatic heterocycles. The quantitative estimate of drug-likeness (QED) is 0.520. The Labute approximate surface area is 133 Å². The largest absolute Gasteiger partial charge is 0.296 e. The number of nitrogens with one attached hydrogen (secondary N) is 2. The number of carbonyl (C=O) groups is 4. The number of amides is 4. The molecule has 0 aromatic carbocycles. The lowest BCUT2D eigenvalue weighted by Crippen LogP contribution is -2.64. The number of rotatable bonds is 1. The number of allylic oxidation sites excluding steroid dienone is 2. The van der Waals surface area contributed by atoms with Crippen LogP contribution in [0.15, 0.2) is 11.6 Å². The standard InChI is InChI=1S/C17H18N2O4/c1-4(2)5-3-6-8-10(13-12(8)16(22)19-17(13)23)7(5)11-9(6)14(20)18-15(11)21/h3-4,6-13H,1-2H3,(H,18,20,21)(H,19,22,23)/t6-,7+,8-,9+,10+,11+,12+,13+/m0/s1. The van der Waals surface area contributed by atoms with E-state index in [4.69, 9.17) is 0 Å². The molecule has 0 radical (unpaired) electrons. The number of carbonyl (C=O) groups excluding carboxylic acids is 4. The predicted octanol–water partition coefficient (Wildman–Crippen LogP) is -0.148. The number of hydrogen-bond donors (Lipinski definition) is 2. The van der Waals surface area contributed by atoms with Gasteiger partial charge in [0.15, 0.2) is 0 Å². The van der Waals surface area contributed by atoms with Crippen molar-refractivity contribution in [2.24, 2.45) is 53.3 Å². The van der Waals surface area contributed by atoms with Crippen molar-refractivity contribution in [1.82, 2.24) is 10.6 Å². The molecule has 2 bridgehead atoms. The van der Waals surface area contributed by atoms with E-state index in [1.165, 1.54) is 5.57 Å². The fourth-order valence-corrected chi connectivity index (χ4v) is 6.18. The van der Waals surface area contributed by atoms with Crippen LogP contribution in [0.4, 0.5) is 0 Å². The summed E-state index contributed by atoms with van der Waals surface area (Å²) in [6, 6.07) is 0. The van der Waals surface area contributed by atoms with Gasteiger partial charge in [-0.1, -0.05) is 25.5 Å². The third-order valence-electron chi connectivity index (χ3n) is 6.85. The number of hydrogen-bond acceptors (Lipinski definition) is 4. The van der Waals surface area contributed by atoms with Gasteiger partial charge >= 0.3 is 0 Å². The Hall–Kier alpha value is -1.98. The minimum Gasteiger partial charge on any atom is -0.296 e. The van der Waals surface area contributed by atoms with Crippen LogP contribution in [-0.4, -0.2) is 23.6 Å². The van der Waals surface area contributed by atoms with Crippen molar-refractivity contribution >= 4 is 23.6 Å². The molecule has 0 spiro atoms. The van der Waals surface area contributed by atoms with E-state index in [0.717, 1.165) is 0 Å². The van der Waals surface area contributed by atoms with Crippen LogP contribution in [0.5, 0.6) is 0 Å². The zero-order valence-corrected chi connectivity index (χ0v) is 12.9. The average molecular weight is 314 g/mol. The second-order valence-electron chi connectivity index (χ2n) is 7.89. The molecule has 6 rings (SSSR count). The van der Waals surface area contributed by atoms with E-state index in [9.17, 15) is 19.2 Å². The van der Waals surface area contributed by atoms with Crippen LogP contribution in [-0.2, 0) is 19.2 Å². The summed E-state index contributed by atoms with van der Waals surface area (Å²) in [5.74, 6) is -2.01. The van der Waals surface area contributed by atoms with Crippen LogP contribution in [0.25, 0.3) is 0 Å². The molecule has 4 aliphatic carbocycles. The van der Waals surface area contributed by atoms with Gasteiger partial charge in [-0.3, -0.25) is 29.8 Å². The average Bonchev–Trinajstić information content (AvgIpc) is 2.87. The number of fused-ring (bicyclic) bond motifs is 1. The second-order valence-corrected chi connectivity index (χ2v) is 7.89. The molecule has 6 aliphatic rings. The summed E-state index contributed by atoms with van der Waals surface area (Å²) >= 11 is 0. The lowest BCUT2D eigenvalue weighted by Gasteiger charge is -2.62. The zero-order chi connectivity index (χ0) is 16.2. The highest BCUT2D eigenvalue weighted by Gasteiger charge is 2.74. The molecular formula is C17H18N2O4. The molecule has 2 N–H and O–H groups in total. The molecule has 6 nitrogen and oxygen atoms in total. The summed E-state index contributed by atoms with van der Waals surface area (Å²) in [5.41, 5.74) is 1.19. The van der Waals surface area contributed by atoms with Gasteiger partial charge in [0.1, 0.15) is 0 Å². The molecular weight excluding hydrogens is 296 g/mol. The van der Waals surface area contributed by atoms with Crippen LogP contribution >= 0.6 is 0 Å². The van der Waals surface area contributed by atoms with Crippen LogP contribution in [0, 0.1) is 53.3 Å². The molecule has 6 heteroatoms. The summed E-state index contributed by atoms with van der Waals surface area (Å²) in [6.45, 7) is 4.17. The maximum Gasteiger partial charge on any atom is 0.231 e. The molecule has 4 fully saturated rings. The van der Waals surface area contributed by atoms with E-state index >= 15 is 0 Å². The minimum atomic E-state index is -0.361. The lowest BCUT2D eigenvalue weighted by molar-refractivity contribution is -0.169. The van der Waals surface area contributed by atoms with Crippen LogP contribution in [0.1, 0.15) is 13.8 Å². The Balaban J connectivity index is 1.67. The van der Waals surface area contributed by atoms with Gasteiger partial charge in [-0.15, -0.1) is 0 Å². The maximum atomic E-state index is 12.4. The van der Waals surface area contributed by atoms with Gasteiger partial charge in [0.25, 0.3) is 0 Å². The third kappa shape index (κ3) is 1.33. The van der Waals surface area contributed by atoms with Crippen LogP contribution < -0.4 is 10.6 Å². The van der Waals surface area contributed by atoms with Crippen molar-refractivity contribution in [2.45, 2.75) is 13.8 Å². The van der Waals surface area contributed by atoms with Crippen molar-refractivity contribution in [2.75, 3.05) is 0 Å². The summed E-state index contributed by atoms with van der Waals surface area (Å²) in [7, 11) is 0. The molecule has 0 unspecified atom stereocenters. The fraction of sp³-hybridized carbons (Fsp3) is 0.647. The van der Waals surface area contributed by atoms with E-state index < -0.39 is 0 Å². The molecule has 2 saturated heterocycles. The van der Waals surface area contributed by atoms with E-state index in [2.05, 4.69) is 30.6 Å². The Morgan fingerprint density at radius 3 is 1.87 bits per heavy atom. The number of imide groups is 2. The molecule has 2 saturated carbocycles. The monoisotopic (exact) mass is 314 g/mol. The van der Waals surface area contributed by atoms with Gasteiger partial charge in [-0.2, -0.15) is 0 Å². The highest BCUT2D eigenvalue weighted by Crippen LogP contribution is 2.68.